The summed E-state index contributed by atoms with van der Waals surface area (Å²) in [5.41, 5.74) is 4.91. The average molecular weight is 677 g/mol. The molecular weight excluding hydrogens is 655 g/mol. The lowest BCUT2D eigenvalue weighted by molar-refractivity contribution is 0.103. The maximum Gasteiger partial charge on any atom is 0.194 e. The Bertz CT molecular complexity index is 1520. The highest BCUT2D eigenvalue weighted by Crippen LogP contribution is 2.34. The molecule has 194 valence electrons. The topological polar surface area (TPSA) is 55.8 Å². The molecule has 2 aliphatic heterocycles. The van der Waals surface area contributed by atoms with Gasteiger partial charge in [-0.1, -0.05) is 61.1 Å². The Balaban J connectivity index is 0.000000155. The van der Waals surface area contributed by atoms with Gasteiger partial charge in [-0.25, -0.2) is 0 Å². The summed E-state index contributed by atoms with van der Waals surface area (Å²) >= 11 is 19.0. The van der Waals surface area contributed by atoms with E-state index in [4.69, 9.17) is 32.7 Å². The van der Waals surface area contributed by atoms with E-state index in [9.17, 15) is 9.90 Å². The lowest BCUT2D eigenvalue weighted by Gasteiger charge is -2.14. The van der Waals surface area contributed by atoms with Gasteiger partial charge in [0, 0.05) is 43.5 Å². The highest BCUT2D eigenvalue weighted by Gasteiger charge is 2.19. The van der Waals surface area contributed by atoms with Crippen molar-refractivity contribution in [2.45, 2.75) is 18.9 Å². The van der Waals surface area contributed by atoms with Crippen LogP contribution >= 0.6 is 55.1 Å². The molecule has 1 unspecified atom stereocenters. The molecular formula is C30H22Br2Cl2O4. The van der Waals surface area contributed by atoms with Gasteiger partial charge in [0.1, 0.15) is 17.6 Å². The molecule has 0 aromatic heterocycles. The van der Waals surface area contributed by atoms with E-state index in [1.807, 2.05) is 48.5 Å². The van der Waals surface area contributed by atoms with E-state index in [2.05, 4.69) is 31.9 Å². The summed E-state index contributed by atoms with van der Waals surface area (Å²) in [5.74, 6) is 1.72. The highest BCUT2D eigenvalue weighted by atomic mass is 79.9. The first-order valence-corrected chi connectivity index (χ1v) is 14.3. The minimum Gasteiger partial charge on any atom is -0.493 e. The largest absolute Gasteiger partial charge is 0.493 e. The lowest BCUT2D eigenvalue weighted by atomic mass is 9.99. The molecule has 0 saturated carbocycles. The first kappa shape index (κ1) is 27.2. The number of aliphatic hydroxyl groups excluding tert-OH is 1. The van der Waals surface area contributed by atoms with Crippen molar-refractivity contribution >= 4 is 60.8 Å². The van der Waals surface area contributed by atoms with Crippen molar-refractivity contribution in [1.82, 2.24) is 0 Å². The minimum absolute atomic E-state index is 0.0685. The van der Waals surface area contributed by atoms with Crippen molar-refractivity contribution < 1.29 is 19.4 Å². The molecule has 4 nitrogen and oxygen atoms in total. The fraction of sp³-hybridized carbons (Fsp3) is 0.167. The maximum atomic E-state index is 12.5. The van der Waals surface area contributed by atoms with Crippen molar-refractivity contribution in [2.24, 2.45) is 0 Å². The van der Waals surface area contributed by atoms with Crippen LogP contribution < -0.4 is 9.47 Å². The van der Waals surface area contributed by atoms with E-state index < -0.39 is 6.10 Å². The summed E-state index contributed by atoms with van der Waals surface area (Å²) in [4.78, 5) is 12.5. The van der Waals surface area contributed by atoms with Crippen LogP contribution in [0.15, 0.2) is 81.7 Å². The zero-order chi connectivity index (χ0) is 26.8. The van der Waals surface area contributed by atoms with Crippen LogP contribution in [0.4, 0.5) is 0 Å². The van der Waals surface area contributed by atoms with Crippen LogP contribution in [-0.2, 0) is 12.8 Å². The van der Waals surface area contributed by atoms with Gasteiger partial charge in [-0.15, -0.1) is 0 Å². The van der Waals surface area contributed by atoms with Crippen molar-refractivity contribution in [2.75, 3.05) is 13.2 Å². The Morgan fingerprint density at radius 1 is 0.763 bits per heavy atom. The third-order valence-electron chi connectivity index (χ3n) is 6.41. The van der Waals surface area contributed by atoms with E-state index in [0.717, 1.165) is 50.0 Å². The average Bonchev–Trinajstić information content (AvgIpc) is 3.59. The number of hydrogen-bond acceptors (Lipinski definition) is 4. The van der Waals surface area contributed by atoms with Gasteiger partial charge in [0.2, 0.25) is 0 Å². The second-order valence-corrected chi connectivity index (χ2v) is 11.6. The molecule has 0 amide bonds. The molecule has 0 radical (unpaired) electrons. The Morgan fingerprint density at radius 2 is 1.37 bits per heavy atom. The van der Waals surface area contributed by atoms with Crippen LogP contribution in [0, 0.1) is 0 Å². The Morgan fingerprint density at radius 3 is 2.08 bits per heavy atom. The van der Waals surface area contributed by atoms with Crippen molar-refractivity contribution in [3.8, 4) is 11.5 Å². The van der Waals surface area contributed by atoms with Gasteiger partial charge in [-0.05, 0) is 83.4 Å². The van der Waals surface area contributed by atoms with Crippen LogP contribution in [0.2, 0.25) is 10.0 Å². The molecule has 6 rings (SSSR count). The Labute approximate surface area is 247 Å². The summed E-state index contributed by atoms with van der Waals surface area (Å²) in [6.45, 7) is 1.40. The number of rotatable bonds is 4. The molecule has 38 heavy (non-hydrogen) atoms. The molecule has 1 N–H and O–H groups in total. The molecule has 4 aromatic carbocycles. The van der Waals surface area contributed by atoms with Crippen LogP contribution in [0.25, 0.3) is 0 Å². The summed E-state index contributed by atoms with van der Waals surface area (Å²) < 4.78 is 12.6. The first-order chi connectivity index (χ1) is 18.3. The Hall–Kier alpha value is -2.35. The minimum atomic E-state index is -0.726. The van der Waals surface area contributed by atoms with Gasteiger partial charge in [-0.3, -0.25) is 4.79 Å². The Kier molecular flexibility index (Phi) is 8.46. The number of carbonyl (C=O) groups is 1. The fourth-order valence-corrected chi connectivity index (χ4v) is 5.60. The van der Waals surface area contributed by atoms with Crippen LogP contribution in [0.5, 0.6) is 11.5 Å². The number of ketones is 1. The van der Waals surface area contributed by atoms with Gasteiger partial charge in [-0.2, -0.15) is 0 Å². The SMILES string of the molecule is O=C(c1ccc2c(c1)CCO2)c1cc(Br)ccc1Cl.OC(c1ccc2c(c1)CCO2)c1cc(Br)ccc1Cl. The summed E-state index contributed by atoms with van der Waals surface area (Å²) in [6.07, 6.45) is 1.01. The molecule has 2 heterocycles. The van der Waals surface area contributed by atoms with Gasteiger partial charge in [0.15, 0.2) is 5.78 Å². The monoisotopic (exact) mass is 674 g/mol. The third-order valence-corrected chi connectivity index (χ3v) is 8.07. The maximum absolute atomic E-state index is 12.5. The van der Waals surface area contributed by atoms with Crippen LogP contribution in [-0.4, -0.2) is 24.1 Å². The molecule has 8 heteroatoms. The molecule has 0 spiro atoms. The van der Waals surface area contributed by atoms with Gasteiger partial charge >= 0.3 is 0 Å². The van der Waals surface area contributed by atoms with Gasteiger partial charge in [0.05, 0.1) is 18.2 Å². The molecule has 0 bridgehead atoms. The second kappa shape index (κ2) is 11.8. The second-order valence-electron chi connectivity index (χ2n) is 8.91. The van der Waals surface area contributed by atoms with Crippen molar-refractivity contribution in [3.05, 3.63) is 125 Å². The first-order valence-electron chi connectivity index (χ1n) is 11.9. The van der Waals surface area contributed by atoms with Crippen LogP contribution in [0.1, 0.15) is 44.3 Å². The smallest absolute Gasteiger partial charge is 0.194 e. The number of aliphatic hydroxyl groups is 1. The lowest BCUT2D eigenvalue weighted by Crippen LogP contribution is -2.02. The predicted octanol–water partition coefficient (Wildman–Crippen LogP) is 8.39. The summed E-state index contributed by atoms with van der Waals surface area (Å²) in [5, 5.41) is 11.5. The van der Waals surface area contributed by atoms with Gasteiger partial charge in [0.25, 0.3) is 0 Å². The van der Waals surface area contributed by atoms with Gasteiger partial charge < -0.3 is 14.6 Å². The number of hydrogen-bond donors (Lipinski definition) is 1. The molecule has 1 atom stereocenters. The van der Waals surface area contributed by atoms with E-state index >= 15 is 0 Å². The molecule has 0 fully saturated rings. The quantitative estimate of drug-likeness (QED) is 0.221. The third kappa shape index (κ3) is 5.95. The predicted molar refractivity (Wildman–Crippen MR) is 157 cm³/mol. The van der Waals surface area contributed by atoms with Crippen molar-refractivity contribution in [1.29, 1.82) is 0 Å². The van der Waals surface area contributed by atoms with E-state index in [-0.39, 0.29) is 5.78 Å². The molecule has 4 aromatic rings. The number of carbonyl (C=O) groups excluding carboxylic acids is 1. The highest BCUT2D eigenvalue weighted by molar-refractivity contribution is 9.10. The molecule has 0 aliphatic carbocycles. The number of halogens is 4. The van der Waals surface area contributed by atoms with Crippen LogP contribution in [0.3, 0.4) is 0 Å². The molecule has 2 aliphatic rings. The zero-order valence-corrected chi connectivity index (χ0v) is 24.7. The normalized spacial score (nSPS) is 13.9. The molecule has 0 saturated heterocycles. The summed E-state index contributed by atoms with van der Waals surface area (Å²) in [6, 6.07) is 22.1. The van der Waals surface area contributed by atoms with Crippen molar-refractivity contribution in [3.63, 3.8) is 0 Å². The summed E-state index contributed by atoms with van der Waals surface area (Å²) in [7, 11) is 0. The van der Waals surface area contributed by atoms with E-state index in [1.54, 1.807) is 24.3 Å². The van der Waals surface area contributed by atoms with E-state index in [0.29, 0.717) is 39.9 Å². The number of ether oxygens (including phenoxy) is 2. The number of fused-ring (bicyclic) bond motifs is 2. The number of benzene rings is 4. The zero-order valence-electron chi connectivity index (χ0n) is 20.0. The standard InChI is InChI=1S/C15H12BrClO2.C15H10BrClO2/c2*16-11-2-3-13(17)12(8-11)15(18)10-1-4-14-9(7-10)5-6-19-14/h1-4,7-8,15,18H,5-6H2;1-4,7-8H,5-6H2. The fourth-order valence-electron chi connectivity index (χ4n) is 4.44. The van der Waals surface area contributed by atoms with E-state index in [1.165, 1.54) is 0 Å².